The van der Waals surface area contributed by atoms with Gasteiger partial charge >= 0.3 is 0 Å². The van der Waals surface area contributed by atoms with E-state index in [9.17, 15) is 5.26 Å². The molecule has 180 valence electrons. The van der Waals surface area contributed by atoms with Crippen LogP contribution in [-0.4, -0.2) is 35.4 Å². The molecule has 1 aromatic carbocycles. The Balaban J connectivity index is 1.68. The fourth-order valence-electron chi connectivity index (χ4n) is 3.82. The van der Waals surface area contributed by atoms with E-state index < -0.39 is 6.23 Å². The largest absolute Gasteiger partial charge is 0.493 e. The molecule has 1 aliphatic rings. The minimum Gasteiger partial charge on any atom is -0.493 e. The van der Waals surface area contributed by atoms with Crippen LogP contribution in [0.1, 0.15) is 41.8 Å². The third-order valence-corrected chi connectivity index (χ3v) is 6.50. The van der Waals surface area contributed by atoms with E-state index in [1.54, 1.807) is 18.3 Å². The maximum atomic E-state index is 9.68. The van der Waals surface area contributed by atoms with Crippen LogP contribution in [0.5, 0.6) is 11.5 Å². The predicted molar refractivity (Wildman–Crippen MR) is 136 cm³/mol. The third-order valence-electron chi connectivity index (χ3n) is 5.90. The zero-order chi connectivity index (χ0) is 25.3. The van der Waals surface area contributed by atoms with Gasteiger partial charge in [-0.15, -0.1) is 0 Å². The van der Waals surface area contributed by atoms with Gasteiger partial charge in [0.1, 0.15) is 11.9 Å². The Labute approximate surface area is 212 Å². The van der Waals surface area contributed by atoms with Crippen molar-refractivity contribution in [1.82, 2.24) is 9.97 Å². The first-order valence-electron chi connectivity index (χ1n) is 10.7. The van der Waals surface area contributed by atoms with Crippen LogP contribution in [0.15, 0.2) is 36.8 Å². The number of anilines is 2. The van der Waals surface area contributed by atoms with Crippen LogP contribution in [0.2, 0.25) is 10.0 Å². The molecule has 11 heteroatoms. The first-order valence-corrected chi connectivity index (χ1v) is 11.5. The van der Waals surface area contributed by atoms with Gasteiger partial charge in [-0.3, -0.25) is 16.1 Å². The molecule has 3 aromatic rings. The lowest BCUT2D eigenvalue weighted by atomic mass is 9.99. The molecule has 2 atom stereocenters. The average Bonchev–Trinajstić information content (AvgIpc) is 2.83. The van der Waals surface area contributed by atoms with E-state index >= 15 is 0 Å². The molecule has 1 fully saturated rings. The second-order valence-corrected chi connectivity index (χ2v) is 8.87. The SMILES string of the molecule is COc1cc(N)c(C(=N)c2cnc(N3CC[C@@H]3C)c(C#N)c2)cc1O[C@H](N)c1c(Cl)cncc1Cl. The number of benzene rings is 1. The molecule has 0 saturated carbocycles. The molecule has 5 N–H and O–H groups in total. The van der Waals surface area contributed by atoms with Crippen molar-refractivity contribution in [3.63, 3.8) is 0 Å². The van der Waals surface area contributed by atoms with Crippen molar-refractivity contribution in [2.75, 3.05) is 24.3 Å². The van der Waals surface area contributed by atoms with Crippen LogP contribution in [0, 0.1) is 16.7 Å². The molecule has 0 unspecified atom stereocenters. The second kappa shape index (κ2) is 9.96. The van der Waals surface area contributed by atoms with Gasteiger partial charge in [0.2, 0.25) is 0 Å². The molecule has 1 aliphatic heterocycles. The molecular weight excluding hydrogens is 489 g/mol. The molecule has 0 bridgehead atoms. The summed E-state index contributed by atoms with van der Waals surface area (Å²) in [5.74, 6) is 1.16. The number of hydrogen-bond acceptors (Lipinski definition) is 9. The maximum Gasteiger partial charge on any atom is 0.177 e. The van der Waals surface area contributed by atoms with Crippen molar-refractivity contribution >= 4 is 40.4 Å². The van der Waals surface area contributed by atoms with Crippen LogP contribution in [0.4, 0.5) is 11.5 Å². The first kappa shape index (κ1) is 24.5. The number of nitriles is 1. The Morgan fingerprint density at radius 1 is 1.23 bits per heavy atom. The topological polar surface area (TPSA) is 147 Å². The number of ether oxygens (including phenoxy) is 2. The molecule has 0 spiro atoms. The van der Waals surface area contributed by atoms with Gasteiger partial charge in [-0.1, -0.05) is 23.2 Å². The number of nitrogen functional groups attached to an aromatic ring is 1. The normalized spacial score (nSPS) is 15.7. The summed E-state index contributed by atoms with van der Waals surface area (Å²) in [5.41, 5.74) is 14.4. The van der Waals surface area contributed by atoms with Crippen molar-refractivity contribution in [1.29, 1.82) is 10.7 Å². The summed E-state index contributed by atoms with van der Waals surface area (Å²) in [6.45, 7) is 2.93. The maximum absolute atomic E-state index is 9.68. The monoisotopic (exact) mass is 511 g/mol. The highest BCUT2D eigenvalue weighted by Gasteiger charge is 2.28. The van der Waals surface area contributed by atoms with Crippen LogP contribution >= 0.6 is 23.2 Å². The summed E-state index contributed by atoms with van der Waals surface area (Å²) in [4.78, 5) is 10.5. The average molecular weight is 512 g/mol. The fraction of sp³-hybridized carbons (Fsp3) is 0.250. The molecule has 0 radical (unpaired) electrons. The molecule has 0 aliphatic carbocycles. The summed E-state index contributed by atoms with van der Waals surface area (Å²) < 4.78 is 11.3. The number of rotatable bonds is 7. The highest BCUT2D eigenvalue weighted by atomic mass is 35.5. The van der Waals surface area contributed by atoms with Crippen LogP contribution in [-0.2, 0) is 0 Å². The number of nitrogens with two attached hydrogens (primary N) is 2. The third kappa shape index (κ3) is 4.68. The van der Waals surface area contributed by atoms with E-state index in [2.05, 4.69) is 27.9 Å². The summed E-state index contributed by atoms with van der Waals surface area (Å²) in [6, 6.07) is 7.24. The molecular formula is C24H23Cl2N7O2. The lowest BCUT2D eigenvalue weighted by Crippen LogP contribution is -2.46. The van der Waals surface area contributed by atoms with Gasteiger partial charge in [-0.05, 0) is 25.5 Å². The quantitative estimate of drug-likeness (QED) is 0.241. The van der Waals surface area contributed by atoms with Gasteiger partial charge < -0.3 is 20.1 Å². The number of pyridine rings is 2. The van der Waals surface area contributed by atoms with E-state index in [4.69, 9.17) is 49.6 Å². The molecule has 9 nitrogen and oxygen atoms in total. The Morgan fingerprint density at radius 2 is 1.94 bits per heavy atom. The standard InChI is InChI=1S/C24H23Cl2N7O2/c1-12-3-4-33(12)24-13(8-27)5-14(9-32-24)22(29)15-6-20(19(34-2)7-18(15)28)35-23(30)21-16(25)10-31-11-17(21)26/h5-7,9-12,23,29H,3-4,28,30H2,1-2H3/t12-,23-/m0/s1. The predicted octanol–water partition coefficient (Wildman–Crippen LogP) is 4.30. The van der Waals surface area contributed by atoms with Gasteiger partial charge in [-0.2, -0.15) is 5.26 Å². The lowest BCUT2D eigenvalue weighted by Gasteiger charge is -2.40. The van der Waals surface area contributed by atoms with Crippen LogP contribution in [0.25, 0.3) is 0 Å². The molecule has 35 heavy (non-hydrogen) atoms. The number of aromatic nitrogens is 2. The first-order chi connectivity index (χ1) is 16.7. The highest BCUT2D eigenvalue weighted by molar-refractivity contribution is 6.35. The molecule has 2 aromatic heterocycles. The van der Waals surface area contributed by atoms with Crippen molar-refractivity contribution in [2.24, 2.45) is 5.73 Å². The van der Waals surface area contributed by atoms with E-state index in [-0.39, 0.29) is 27.2 Å². The Hall–Kier alpha value is -3.58. The number of methoxy groups -OCH3 is 1. The Bertz CT molecular complexity index is 1320. The zero-order valence-corrected chi connectivity index (χ0v) is 20.6. The fourth-order valence-corrected chi connectivity index (χ4v) is 4.40. The van der Waals surface area contributed by atoms with Crippen LogP contribution < -0.4 is 25.8 Å². The van der Waals surface area contributed by atoms with Gasteiger partial charge in [-0.25, -0.2) is 4.98 Å². The van der Waals surface area contributed by atoms with Crippen molar-refractivity contribution in [3.05, 3.63) is 69.1 Å². The molecule has 4 rings (SSSR count). The summed E-state index contributed by atoms with van der Waals surface area (Å²) >= 11 is 12.4. The van der Waals surface area contributed by atoms with Crippen molar-refractivity contribution in [2.45, 2.75) is 25.6 Å². The lowest BCUT2D eigenvalue weighted by molar-refractivity contribution is 0.204. The Kier molecular flexibility index (Phi) is 6.98. The van der Waals surface area contributed by atoms with Crippen molar-refractivity contribution in [3.8, 4) is 17.6 Å². The van der Waals surface area contributed by atoms with E-state index in [0.29, 0.717) is 39.9 Å². The molecule has 1 saturated heterocycles. The second-order valence-electron chi connectivity index (χ2n) is 8.06. The minimum absolute atomic E-state index is 0.0655. The van der Waals surface area contributed by atoms with Gasteiger partial charge in [0.15, 0.2) is 17.7 Å². The van der Waals surface area contributed by atoms with Crippen molar-refractivity contribution < 1.29 is 9.47 Å². The summed E-state index contributed by atoms with van der Waals surface area (Å²) in [5, 5.41) is 19.0. The Morgan fingerprint density at radius 3 is 2.51 bits per heavy atom. The minimum atomic E-state index is -1.04. The summed E-state index contributed by atoms with van der Waals surface area (Å²) in [6.07, 6.45) is 4.40. The van der Waals surface area contributed by atoms with E-state index in [1.807, 2.05) is 0 Å². The number of halogens is 2. The van der Waals surface area contributed by atoms with E-state index in [1.165, 1.54) is 25.6 Å². The number of hydrogen-bond donors (Lipinski definition) is 3. The van der Waals surface area contributed by atoms with Gasteiger partial charge in [0, 0.05) is 59.6 Å². The zero-order valence-electron chi connectivity index (χ0n) is 19.0. The van der Waals surface area contributed by atoms with Gasteiger partial charge in [0.25, 0.3) is 0 Å². The number of nitrogens with zero attached hydrogens (tertiary/aromatic N) is 4. The van der Waals surface area contributed by atoms with E-state index in [0.717, 1.165) is 13.0 Å². The molecule has 0 amide bonds. The molecule has 3 heterocycles. The summed E-state index contributed by atoms with van der Waals surface area (Å²) in [7, 11) is 1.46. The smallest absolute Gasteiger partial charge is 0.177 e. The van der Waals surface area contributed by atoms with Crippen LogP contribution in [0.3, 0.4) is 0 Å². The van der Waals surface area contributed by atoms with Gasteiger partial charge in [0.05, 0.1) is 28.4 Å². The highest BCUT2D eigenvalue weighted by Crippen LogP contribution is 2.37. The number of nitrogens with one attached hydrogen (secondary N) is 1.